The van der Waals surface area contributed by atoms with Crippen molar-refractivity contribution in [3.05, 3.63) is 23.9 Å². The van der Waals surface area contributed by atoms with Crippen LogP contribution in [0.5, 0.6) is 5.75 Å². The summed E-state index contributed by atoms with van der Waals surface area (Å²) in [4.78, 5) is 27.9. The highest BCUT2D eigenvalue weighted by atomic mass is 16.5. The van der Waals surface area contributed by atoms with E-state index in [4.69, 9.17) is 9.47 Å². The average molecular weight is 306 g/mol. The molecule has 1 aromatic carbocycles. The smallest absolute Gasteiger partial charge is 0.356 e. The van der Waals surface area contributed by atoms with Gasteiger partial charge in [-0.25, -0.2) is 4.79 Å². The molecule has 0 spiro atoms. The maximum Gasteiger partial charge on any atom is 0.356 e. The van der Waals surface area contributed by atoms with Crippen LogP contribution in [0.2, 0.25) is 0 Å². The molecule has 0 radical (unpaired) electrons. The fraction of sp³-hybridized carbons (Fsp3) is 0.333. The molecule has 0 aliphatic carbocycles. The molecule has 0 unspecified atom stereocenters. The SMILES string of the molecule is COC(=O)c1[nH]c2cc(OC)ccc2c1NC(=O)C[NH+](C)C. The zero-order chi connectivity index (χ0) is 16.3. The fourth-order valence-corrected chi connectivity index (χ4v) is 2.19. The van der Waals surface area contributed by atoms with Gasteiger partial charge in [-0.2, -0.15) is 0 Å². The number of carbonyl (C=O) groups excluding carboxylic acids is 2. The second kappa shape index (κ2) is 6.48. The first kappa shape index (κ1) is 15.8. The van der Waals surface area contributed by atoms with E-state index in [0.29, 0.717) is 23.5 Å². The van der Waals surface area contributed by atoms with E-state index in [1.807, 2.05) is 14.1 Å². The van der Waals surface area contributed by atoms with E-state index >= 15 is 0 Å². The van der Waals surface area contributed by atoms with E-state index < -0.39 is 5.97 Å². The van der Waals surface area contributed by atoms with Crippen molar-refractivity contribution in [1.82, 2.24) is 4.98 Å². The molecule has 0 fully saturated rings. The average Bonchev–Trinajstić information content (AvgIpc) is 2.83. The van der Waals surface area contributed by atoms with Crippen LogP contribution in [0.15, 0.2) is 18.2 Å². The summed E-state index contributed by atoms with van der Waals surface area (Å²) in [7, 11) is 6.61. The van der Waals surface area contributed by atoms with Crippen molar-refractivity contribution < 1.29 is 24.0 Å². The lowest BCUT2D eigenvalue weighted by Gasteiger charge is -2.09. The highest BCUT2D eigenvalue weighted by Gasteiger charge is 2.21. The van der Waals surface area contributed by atoms with Gasteiger partial charge >= 0.3 is 5.97 Å². The number of anilines is 1. The van der Waals surface area contributed by atoms with Crippen LogP contribution < -0.4 is 15.0 Å². The second-order valence-corrected chi connectivity index (χ2v) is 5.21. The number of likely N-dealkylation sites (N-methyl/N-ethyl adjacent to an activating group) is 1. The number of benzene rings is 1. The second-order valence-electron chi connectivity index (χ2n) is 5.21. The van der Waals surface area contributed by atoms with E-state index in [1.165, 1.54) is 7.11 Å². The van der Waals surface area contributed by atoms with Crippen molar-refractivity contribution in [3.8, 4) is 5.75 Å². The molecule has 0 saturated heterocycles. The Labute approximate surface area is 128 Å². The molecular formula is C15H20N3O4+. The third-order valence-corrected chi connectivity index (χ3v) is 3.17. The van der Waals surface area contributed by atoms with Gasteiger partial charge in [-0.15, -0.1) is 0 Å². The molecule has 3 N–H and O–H groups in total. The summed E-state index contributed by atoms with van der Waals surface area (Å²) >= 11 is 0. The number of carbonyl (C=O) groups is 2. The number of ether oxygens (including phenoxy) is 2. The minimum atomic E-state index is -0.539. The van der Waals surface area contributed by atoms with Gasteiger partial charge in [0, 0.05) is 11.5 Å². The van der Waals surface area contributed by atoms with Crippen molar-refractivity contribution in [2.45, 2.75) is 0 Å². The van der Waals surface area contributed by atoms with Crippen LogP contribution in [0.3, 0.4) is 0 Å². The van der Waals surface area contributed by atoms with Crippen molar-refractivity contribution in [1.29, 1.82) is 0 Å². The van der Waals surface area contributed by atoms with E-state index in [9.17, 15) is 9.59 Å². The Balaban J connectivity index is 2.48. The van der Waals surface area contributed by atoms with Crippen LogP contribution in [0, 0.1) is 0 Å². The third kappa shape index (κ3) is 3.20. The van der Waals surface area contributed by atoms with Crippen molar-refractivity contribution in [3.63, 3.8) is 0 Å². The highest BCUT2D eigenvalue weighted by molar-refractivity contribution is 6.11. The van der Waals surface area contributed by atoms with E-state index in [-0.39, 0.29) is 11.6 Å². The van der Waals surface area contributed by atoms with Crippen LogP contribution >= 0.6 is 0 Å². The summed E-state index contributed by atoms with van der Waals surface area (Å²) in [5.41, 5.74) is 1.33. The molecule has 2 rings (SSSR count). The minimum Gasteiger partial charge on any atom is -0.497 e. The van der Waals surface area contributed by atoms with Crippen LogP contribution in [-0.2, 0) is 9.53 Å². The summed E-state index contributed by atoms with van der Waals surface area (Å²) in [6, 6.07) is 5.31. The van der Waals surface area contributed by atoms with Crippen LogP contribution in [0.25, 0.3) is 10.9 Å². The molecule has 7 heteroatoms. The molecular weight excluding hydrogens is 286 g/mol. The zero-order valence-corrected chi connectivity index (χ0v) is 13.1. The molecule has 22 heavy (non-hydrogen) atoms. The maximum absolute atomic E-state index is 12.0. The van der Waals surface area contributed by atoms with Gasteiger partial charge in [0.1, 0.15) is 11.4 Å². The lowest BCUT2D eigenvalue weighted by atomic mass is 10.2. The number of methoxy groups -OCH3 is 2. The molecule has 2 aromatic rings. The highest BCUT2D eigenvalue weighted by Crippen LogP contribution is 2.30. The van der Waals surface area contributed by atoms with Crippen molar-refractivity contribution in [2.75, 3.05) is 40.2 Å². The van der Waals surface area contributed by atoms with Gasteiger partial charge < -0.3 is 24.7 Å². The molecule has 118 valence electrons. The van der Waals surface area contributed by atoms with Crippen LogP contribution in [0.4, 0.5) is 5.69 Å². The number of amides is 1. The van der Waals surface area contributed by atoms with E-state index in [2.05, 4.69) is 10.3 Å². The molecule has 0 atom stereocenters. The van der Waals surface area contributed by atoms with E-state index in [0.717, 1.165) is 10.3 Å². The predicted molar refractivity (Wildman–Crippen MR) is 82.5 cm³/mol. The van der Waals surface area contributed by atoms with Crippen molar-refractivity contribution >= 4 is 28.5 Å². The number of H-pyrrole nitrogens is 1. The summed E-state index contributed by atoms with van der Waals surface area (Å²) in [6.07, 6.45) is 0. The Morgan fingerprint density at radius 3 is 2.59 bits per heavy atom. The van der Waals surface area contributed by atoms with Crippen LogP contribution in [-0.4, -0.2) is 51.7 Å². The van der Waals surface area contributed by atoms with Gasteiger partial charge in [0.15, 0.2) is 6.54 Å². The standard InChI is InChI=1S/C15H19N3O4/c1-18(2)8-12(19)17-13-10-6-5-9(21-3)7-11(10)16-14(13)15(20)22-4/h5-7,16H,8H2,1-4H3,(H,17,19)/p+1. The maximum atomic E-state index is 12.0. The number of hydrogen-bond acceptors (Lipinski definition) is 4. The van der Waals surface area contributed by atoms with Gasteiger partial charge in [-0.1, -0.05) is 0 Å². The number of nitrogens with one attached hydrogen (secondary N) is 3. The number of hydrogen-bond donors (Lipinski definition) is 3. The Bertz CT molecular complexity index is 706. The number of fused-ring (bicyclic) bond motifs is 1. The van der Waals surface area contributed by atoms with Crippen molar-refractivity contribution in [2.24, 2.45) is 0 Å². The number of rotatable bonds is 5. The van der Waals surface area contributed by atoms with Crippen LogP contribution in [0.1, 0.15) is 10.5 Å². The quantitative estimate of drug-likeness (QED) is 0.681. The van der Waals surface area contributed by atoms with Gasteiger partial charge in [0.2, 0.25) is 0 Å². The van der Waals surface area contributed by atoms with Gasteiger partial charge in [0.25, 0.3) is 5.91 Å². The summed E-state index contributed by atoms with van der Waals surface area (Å²) < 4.78 is 9.93. The zero-order valence-electron chi connectivity index (χ0n) is 13.1. The molecule has 1 heterocycles. The topological polar surface area (TPSA) is 84.9 Å². The predicted octanol–water partition coefficient (Wildman–Crippen LogP) is 0.0461. The lowest BCUT2D eigenvalue weighted by Crippen LogP contribution is -3.06. The Morgan fingerprint density at radius 1 is 1.27 bits per heavy atom. The first-order valence-electron chi connectivity index (χ1n) is 6.83. The Kier molecular flexibility index (Phi) is 4.67. The lowest BCUT2D eigenvalue weighted by molar-refractivity contribution is -0.849. The number of aromatic nitrogens is 1. The molecule has 0 aliphatic rings. The molecule has 1 amide bonds. The number of aromatic amines is 1. The van der Waals surface area contributed by atoms with E-state index in [1.54, 1.807) is 25.3 Å². The fourth-order valence-electron chi connectivity index (χ4n) is 2.19. The largest absolute Gasteiger partial charge is 0.497 e. The molecule has 1 aromatic heterocycles. The van der Waals surface area contributed by atoms with Gasteiger partial charge in [0.05, 0.1) is 39.5 Å². The molecule has 7 nitrogen and oxygen atoms in total. The number of quaternary nitrogens is 1. The van der Waals surface area contributed by atoms with Gasteiger partial charge in [-0.3, -0.25) is 4.79 Å². The number of esters is 1. The minimum absolute atomic E-state index is 0.179. The summed E-state index contributed by atoms with van der Waals surface area (Å²) in [6.45, 7) is 0.295. The first-order valence-corrected chi connectivity index (χ1v) is 6.83. The molecule has 0 aliphatic heterocycles. The summed E-state index contributed by atoms with van der Waals surface area (Å²) in [5, 5.41) is 3.51. The Morgan fingerprint density at radius 2 is 2.00 bits per heavy atom. The molecule has 0 bridgehead atoms. The summed E-state index contributed by atoms with van der Waals surface area (Å²) in [5.74, 6) is -0.0645. The Hall–Kier alpha value is -2.54. The normalized spacial score (nSPS) is 10.8. The monoisotopic (exact) mass is 306 g/mol. The first-order chi connectivity index (χ1) is 10.5. The van der Waals surface area contributed by atoms with Gasteiger partial charge in [-0.05, 0) is 12.1 Å². The third-order valence-electron chi connectivity index (χ3n) is 3.17. The molecule has 0 saturated carbocycles.